The molecule has 0 unspecified atom stereocenters. The molecule has 9 heteroatoms. The average Bonchev–Trinajstić information content (AvgIpc) is 2.67. The van der Waals surface area contributed by atoms with Gasteiger partial charge in [-0.1, -0.05) is 0 Å². The molecule has 1 N–H and O–H groups in total. The van der Waals surface area contributed by atoms with Gasteiger partial charge >= 0.3 is 5.97 Å². The predicted molar refractivity (Wildman–Crippen MR) is 101 cm³/mol. The number of anilines is 1. The van der Waals surface area contributed by atoms with E-state index in [0.29, 0.717) is 5.56 Å². The minimum absolute atomic E-state index is 0.0157. The molecule has 1 amide bonds. The maximum atomic E-state index is 12.3. The Labute approximate surface area is 160 Å². The van der Waals surface area contributed by atoms with Crippen LogP contribution in [0.3, 0.4) is 0 Å². The second-order valence-corrected chi connectivity index (χ2v) is 6.29. The van der Waals surface area contributed by atoms with Crippen molar-refractivity contribution in [2.75, 3.05) is 18.7 Å². The van der Waals surface area contributed by atoms with Crippen molar-refractivity contribution in [3.8, 4) is 5.75 Å². The molecule has 27 heavy (non-hydrogen) atoms. The van der Waals surface area contributed by atoms with Crippen LogP contribution in [0.5, 0.6) is 5.75 Å². The summed E-state index contributed by atoms with van der Waals surface area (Å²) in [6.45, 7) is 1.39. The lowest BCUT2D eigenvalue weighted by atomic mass is 10.2. The van der Waals surface area contributed by atoms with Crippen LogP contribution in [0.2, 0.25) is 0 Å². The van der Waals surface area contributed by atoms with Gasteiger partial charge in [-0.25, -0.2) is 4.79 Å². The van der Waals surface area contributed by atoms with Crippen LogP contribution in [0.25, 0.3) is 0 Å². The Kier molecular flexibility index (Phi) is 6.78. The smallest absolute Gasteiger partial charge is 0.338 e. The predicted octanol–water partition coefficient (Wildman–Crippen LogP) is 3.51. The van der Waals surface area contributed by atoms with E-state index in [2.05, 4.69) is 5.32 Å². The number of amides is 1. The number of carbonyl (C=O) groups excluding carboxylic acids is 2. The molecule has 1 atom stereocenters. The summed E-state index contributed by atoms with van der Waals surface area (Å²) in [7, 11) is 1.38. The molecule has 8 nitrogen and oxygen atoms in total. The first-order chi connectivity index (χ1) is 12.8. The van der Waals surface area contributed by atoms with Crippen molar-refractivity contribution in [3.05, 3.63) is 58.1 Å². The summed E-state index contributed by atoms with van der Waals surface area (Å²) < 4.78 is 10.1. The standard InChI is InChI=1S/C18H18N2O6S/c1-11(26-18(22)12-4-7-14(27-3)8-5-12)17(21)19-15-9-6-13(25-2)10-16(15)20(23)24/h4-11H,1-3H3,(H,19,21)/t11-/m1/s1. The number of nitro benzene ring substituents is 1. The third kappa shape index (κ3) is 5.20. The number of nitrogens with zero attached hydrogens (tertiary/aromatic N) is 1. The van der Waals surface area contributed by atoms with Crippen LogP contribution >= 0.6 is 11.8 Å². The number of rotatable bonds is 7. The van der Waals surface area contributed by atoms with E-state index in [4.69, 9.17) is 9.47 Å². The highest BCUT2D eigenvalue weighted by Gasteiger charge is 2.23. The number of benzene rings is 2. The molecule has 0 aliphatic heterocycles. The Bertz CT molecular complexity index is 853. The lowest BCUT2D eigenvalue weighted by molar-refractivity contribution is -0.384. The number of nitrogens with one attached hydrogen (secondary N) is 1. The molecule has 0 aromatic heterocycles. The Hall–Kier alpha value is -3.07. The molecular weight excluding hydrogens is 372 g/mol. The molecule has 2 aromatic carbocycles. The van der Waals surface area contributed by atoms with E-state index < -0.39 is 22.9 Å². The molecule has 0 saturated heterocycles. The number of methoxy groups -OCH3 is 1. The monoisotopic (exact) mass is 390 g/mol. The van der Waals surface area contributed by atoms with Gasteiger partial charge in [0.05, 0.1) is 23.7 Å². The second-order valence-electron chi connectivity index (χ2n) is 5.41. The van der Waals surface area contributed by atoms with E-state index >= 15 is 0 Å². The Morgan fingerprint density at radius 3 is 2.41 bits per heavy atom. The molecule has 0 spiro atoms. The molecule has 0 radical (unpaired) electrons. The van der Waals surface area contributed by atoms with Crippen LogP contribution < -0.4 is 10.1 Å². The number of hydrogen-bond donors (Lipinski definition) is 1. The summed E-state index contributed by atoms with van der Waals surface area (Å²) in [5.41, 5.74) is -0.0326. The first-order valence-electron chi connectivity index (χ1n) is 7.84. The van der Waals surface area contributed by atoms with Crippen molar-refractivity contribution < 1.29 is 24.0 Å². The zero-order valence-corrected chi connectivity index (χ0v) is 15.7. The van der Waals surface area contributed by atoms with Crippen molar-refractivity contribution in [2.45, 2.75) is 17.9 Å². The third-order valence-corrected chi connectivity index (χ3v) is 4.38. The summed E-state index contributed by atoms with van der Waals surface area (Å²) in [6.07, 6.45) is 0.775. The number of hydrogen-bond acceptors (Lipinski definition) is 7. The van der Waals surface area contributed by atoms with E-state index in [9.17, 15) is 19.7 Å². The quantitative estimate of drug-likeness (QED) is 0.333. The zero-order valence-electron chi connectivity index (χ0n) is 14.9. The highest BCUT2D eigenvalue weighted by atomic mass is 32.2. The SMILES string of the molecule is COc1ccc(NC(=O)[C@@H](C)OC(=O)c2ccc(SC)cc2)c([N+](=O)[O-])c1. The van der Waals surface area contributed by atoms with E-state index in [0.717, 1.165) is 4.90 Å². The van der Waals surface area contributed by atoms with Gasteiger partial charge in [-0.15, -0.1) is 11.8 Å². The topological polar surface area (TPSA) is 108 Å². The van der Waals surface area contributed by atoms with Crippen LogP contribution in [-0.4, -0.2) is 36.3 Å². The largest absolute Gasteiger partial charge is 0.496 e. The molecule has 0 aliphatic carbocycles. The lowest BCUT2D eigenvalue weighted by Crippen LogP contribution is -2.30. The van der Waals surface area contributed by atoms with Crippen molar-refractivity contribution in [2.24, 2.45) is 0 Å². The van der Waals surface area contributed by atoms with Crippen LogP contribution in [0, 0.1) is 10.1 Å². The molecule has 142 valence electrons. The van der Waals surface area contributed by atoms with Crippen molar-refractivity contribution >= 4 is 35.0 Å². The first-order valence-corrected chi connectivity index (χ1v) is 9.06. The summed E-state index contributed by atoms with van der Waals surface area (Å²) >= 11 is 1.54. The fraction of sp³-hybridized carbons (Fsp3) is 0.222. The summed E-state index contributed by atoms with van der Waals surface area (Å²) in [5, 5.41) is 13.6. The number of carbonyl (C=O) groups is 2. The lowest BCUT2D eigenvalue weighted by Gasteiger charge is -2.14. The van der Waals surface area contributed by atoms with Gasteiger partial charge in [0.25, 0.3) is 11.6 Å². The summed E-state index contributed by atoms with van der Waals surface area (Å²) in [5.74, 6) is -1.06. The van der Waals surface area contributed by atoms with E-state index in [1.807, 2.05) is 6.26 Å². The zero-order chi connectivity index (χ0) is 20.0. The molecule has 0 heterocycles. The molecule has 0 fully saturated rings. The van der Waals surface area contributed by atoms with Crippen molar-refractivity contribution in [1.29, 1.82) is 0 Å². The van der Waals surface area contributed by atoms with Gasteiger partial charge < -0.3 is 14.8 Å². The van der Waals surface area contributed by atoms with E-state index in [1.54, 1.807) is 24.3 Å². The van der Waals surface area contributed by atoms with E-state index in [1.165, 1.54) is 44.0 Å². The number of thioether (sulfide) groups is 1. The van der Waals surface area contributed by atoms with Gasteiger partial charge in [0, 0.05) is 4.90 Å². The molecule has 0 saturated carbocycles. The number of esters is 1. The van der Waals surface area contributed by atoms with E-state index in [-0.39, 0.29) is 17.1 Å². The fourth-order valence-corrected chi connectivity index (χ4v) is 2.55. The molecule has 2 aromatic rings. The molecule has 0 aliphatic rings. The van der Waals surface area contributed by atoms with Gasteiger partial charge in [-0.05, 0) is 49.6 Å². The molecular formula is C18H18N2O6S. The number of nitro groups is 1. The van der Waals surface area contributed by atoms with Crippen LogP contribution in [0.15, 0.2) is 47.4 Å². The van der Waals surface area contributed by atoms with Crippen molar-refractivity contribution in [1.82, 2.24) is 0 Å². The first kappa shape index (κ1) is 20.2. The van der Waals surface area contributed by atoms with Gasteiger partial charge in [0.1, 0.15) is 11.4 Å². The minimum Gasteiger partial charge on any atom is -0.496 e. The van der Waals surface area contributed by atoms with Crippen LogP contribution in [-0.2, 0) is 9.53 Å². The Morgan fingerprint density at radius 1 is 1.19 bits per heavy atom. The maximum absolute atomic E-state index is 12.3. The average molecular weight is 390 g/mol. The van der Waals surface area contributed by atoms with Gasteiger partial charge in [0.15, 0.2) is 6.10 Å². The molecule has 0 bridgehead atoms. The Morgan fingerprint density at radius 2 is 1.85 bits per heavy atom. The van der Waals surface area contributed by atoms with Gasteiger partial charge in [0.2, 0.25) is 0 Å². The highest BCUT2D eigenvalue weighted by Crippen LogP contribution is 2.29. The van der Waals surface area contributed by atoms with Gasteiger partial charge in [-0.2, -0.15) is 0 Å². The van der Waals surface area contributed by atoms with Crippen LogP contribution in [0.4, 0.5) is 11.4 Å². The summed E-state index contributed by atoms with van der Waals surface area (Å²) in [4.78, 5) is 35.9. The maximum Gasteiger partial charge on any atom is 0.338 e. The fourth-order valence-electron chi connectivity index (χ4n) is 2.14. The third-order valence-electron chi connectivity index (χ3n) is 3.64. The minimum atomic E-state index is -1.14. The highest BCUT2D eigenvalue weighted by molar-refractivity contribution is 7.98. The normalized spacial score (nSPS) is 11.4. The molecule has 2 rings (SSSR count). The Balaban J connectivity index is 2.07. The van der Waals surface area contributed by atoms with Crippen LogP contribution in [0.1, 0.15) is 17.3 Å². The van der Waals surface area contributed by atoms with Gasteiger partial charge in [-0.3, -0.25) is 14.9 Å². The summed E-state index contributed by atoms with van der Waals surface area (Å²) in [6, 6.07) is 10.8. The van der Waals surface area contributed by atoms with Crippen molar-refractivity contribution in [3.63, 3.8) is 0 Å². The second kappa shape index (κ2) is 9.04. The number of ether oxygens (including phenoxy) is 2.